The van der Waals surface area contributed by atoms with E-state index in [0.29, 0.717) is 24.3 Å². The number of ether oxygens (including phenoxy) is 1. The van der Waals surface area contributed by atoms with Crippen LogP contribution < -0.4 is 4.90 Å². The normalized spacial score (nSPS) is 11.5. The van der Waals surface area contributed by atoms with Crippen molar-refractivity contribution in [1.29, 1.82) is 0 Å². The van der Waals surface area contributed by atoms with Crippen LogP contribution in [-0.4, -0.2) is 31.2 Å². The number of nitrogens with one attached hydrogen (secondary N) is 1. The van der Waals surface area contributed by atoms with Gasteiger partial charge in [0.05, 0.1) is 17.6 Å². The predicted octanol–water partition coefficient (Wildman–Crippen LogP) is 3.36. The van der Waals surface area contributed by atoms with Crippen LogP contribution in [0.2, 0.25) is 0 Å². The van der Waals surface area contributed by atoms with Gasteiger partial charge in [0.2, 0.25) is 0 Å². The molecule has 118 valence electrons. The van der Waals surface area contributed by atoms with Crippen LogP contribution in [0.3, 0.4) is 0 Å². The zero-order chi connectivity index (χ0) is 16.2. The summed E-state index contributed by atoms with van der Waals surface area (Å²) in [6.45, 7) is 10.1. The molecule has 3 nitrogen and oxygen atoms in total. The summed E-state index contributed by atoms with van der Waals surface area (Å²) >= 11 is 6.68. The number of esters is 1. The van der Waals surface area contributed by atoms with E-state index in [2.05, 4.69) is 102 Å². The number of benzene rings is 1. The lowest BCUT2D eigenvalue weighted by Gasteiger charge is -2.27. The van der Waals surface area contributed by atoms with Gasteiger partial charge in [-0.3, -0.25) is 0 Å². The molecule has 0 unspecified atom stereocenters. The van der Waals surface area contributed by atoms with Gasteiger partial charge in [0, 0.05) is 10.7 Å². The van der Waals surface area contributed by atoms with Crippen molar-refractivity contribution in [3.05, 3.63) is 28.4 Å². The van der Waals surface area contributed by atoms with E-state index in [1.165, 1.54) is 4.90 Å². The molecule has 0 bridgehead atoms. The van der Waals surface area contributed by atoms with E-state index < -0.39 is 0 Å². The molecule has 1 N–H and O–H groups in total. The molecule has 0 spiro atoms. The third kappa shape index (κ3) is 6.09. The Morgan fingerprint density at radius 1 is 1.14 bits per heavy atom. The number of halogens is 3. The van der Waals surface area contributed by atoms with Gasteiger partial charge in [0.15, 0.2) is 0 Å². The van der Waals surface area contributed by atoms with E-state index in [1.54, 1.807) is 0 Å². The topological polar surface area (TPSA) is 30.7 Å². The van der Waals surface area contributed by atoms with E-state index >= 15 is 0 Å². The van der Waals surface area contributed by atoms with Gasteiger partial charge in [0.25, 0.3) is 0 Å². The fourth-order valence-corrected chi connectivity index (χ4v) is 4.66. The molecular weight excluding hydrogens is 607 g/mol. The third-order valence-corrected chi connectivity index (χ3v) is 6.99. The van der Waals surface area contributed by atoms with Crippen LogP contribution in [-0.2, 0) is 4.74 Å². The van der Waals surface area contributed by atoms with Gasteiger partial charge >= 0.3 is 5.97 Å². The first-order valence-corrected chi connectivity index (χ1v) is 10.1. The fourth-order valence-electron chi connectivity index (χ4n) is 2.29. The maximum absolute atomic E-state index is 12.2. The van der Waals surface area contributed by atoms with E-state index in [4.69, 9.17) is 4.74 Å². The lowest BCUT2D eigenvalue weighted by molar-refractivity contribution is -0.942. The molecule has 0 saturated carbocycles. The van der Waals surface area contributed by atoms with Crippen LogP contribution in [0.15, 0.2) is 12.1 Å². The van der Waals surface area contributed by atoms with E-state index in [1.807, 2.05) is 6.07 Å². The van der Waals surface area contributed by atoms with Crippen LogP contribution in [0, 0.1) is 10.7 Å². The molecule has 0 aromatic heterocycles. The van der Waals surface area contributed by atoms with Crippen LogP contribution in [0.25, 0.3) is 0 Å². The Morgan fingerprint density at radius 3 is 2.24 bits per heavy atom. The molecule has 0 saturated heterocycles. The van der Waals surface area contributed by atoms with Gasteiger partial charge in [0.1, 0.15) is 13.2 Å². The van der Waals surface area contributed by atoms with Gasteiger partial charge in [-0.1, -0.05) is 0 Å². The molecule has 1 rings (SSSR count). The number of carbonyl (C=O) groups excluding carboxylic acids is 1. The first-order valence-electron chi connectivity index (χ1n) is 6.91. The number of carbonyl (C=O) groups is 1. The molecule has 0 aliphatic heterocycles. The lowest BCUT2D eigenvalue weighted by atomic mass is 10.2. The Labute approximate surface area is 168 Å². The van der Waals surface area contributed by atoms with E-state index in [9.17, 15) is 4.79 Å². The summed E-state index contributed by atoms with van der Waals surface area (Å²) in [6, 6.07) is 5.01. The van der Waals surface area contributed by atoms with Crippen LogP contribution >= 0.6 is 67.8 Å². The summed E-state index contributed by atoms with van der Waals surface area (Å²) < 4.78 is 8.59. The first-order chi connectivity index (χ1) is 9.73. The largest absolute Gasteiger partial charge is 0.456 e. The van der Waals surface area contributed by atoms with Crippen molar-refractivity contribution in [2.24, 2.45) is 0 Å². The highest BCUT2D eigenvalue weighted by molar-refractivity contribution is 14.1. The molecule has 0 atom stereocenters. The molecule has 0 radical (unpaired) electrons. The number of hydrogen-bond acceptors (Lipinski definition) is 2. The molecule has 1 aromatic carbocycles. The Hall–Kier alpha value is 0.840. The average molecular weight is 628 g/mol. The van der Waals surface area contributed by atoms with E-state index in [0.717, 1.165) is 17.3 Å². The standard InChI is InChI=1S/C15H20I3NO2/c1-9(2)19(10(3)4)5-6-21-15(20)12-7-11(16)8-13(17)14(12)18/h7-10H,5-6H2,1-4H3/p+1. The first kappa shape index (κ1) is 19.9. The molecular formula is C15H21I3NO2+. The summed E-state index contributed by atoms with van der Waals surface area (Å²) in [4.78, 5) is 13.7. The van der Waals surface area contributed by atoms with Gasteiger partial charge in [-0.15, -0.1) is 0 Å². The summed E-state index contributed by atoms with van der Waals surface area (Å²) in [6.07, 6.45) is 0. The van der Waals surface area contributed by atoms with Gasteiger partial charge < -0.3 is 9.64 Å². The van der Waals surface area contributed by atoms with Crippen molar-refractivity contribution in [1.82, 2.24) is 0 Å². The van der Waals surface area contributed by atoms with Gasteiger partial charge in [-0.05, 0) is 108 Å². The molecule has 0 heterocycles. The van der Waals surface area contributed by atoms with Gasteiger partial charge in [-0.25, -0.2) is 4.79 Å². The minimum atomic E-state index is -0.220. The van der Waals surface area contributed by atoms with E-state index in [-0.39, 0.29) is 5.97 Å². The smallest absolute Gasteiger partial charge is 0.339 e. The summed E-state index contributed by atoms with van der Waals surface area (Å²) in [5.74, 6) is -0.220. The molecule has 1 aromatic rings. The van der Waals surface area contributed by atoms with Crippen molar-refractivity contribution < 1.29 is 14.4 Å². The summed E-state index contributed by atoms with van der Waals surface area (Å²) in [5.41, 5.74) is 0.669. The van der Waals surface area contributed by atoms with Crippen molar-refractivity contribution in [3.8, 4) is 0 Å². The van der Waals surface area contributed by atoms with Crippen molar-refractivity contribution in [2.75, 3.05) is 13.2 Å². The minimum Gasteiger partial charge on any atom is -0.456 e. The lowest BCUT2D eigenvalue weighted by Crippen LogP contribution is -3.18. The minimum absolute atomic E-state index is 0.220. The Balaban J connectivity index is 2.67. The second-order valence-corrected chi connectivity index (χ2v) is 9.01. The van der Waals surface area contributed by atoms with Crippen molar-refractivity contribution in [2.45, 2.75) is 39.8 Å². The van der Waals surface area contributed by atoms with Crippen molar-refractivity contribution >= 4 is 73.7 Å². The summed E-state index contributed by atoms with van der Waals surface area (Å²) in [7, 11) is 0. The zero-order valence-corrected chi connectivity index (χ0v) is 19.1. The second kappa shape index (κ2) is 9.21. The number of hydrogen-bond donors (Lipinski definition) is 1. The highest BCUT2D eigenvalue weighted by atomic mass is 127. The monoisotopic (exact) mass is 628 g/mol. The molecule has 0 aliphatic rings. The van der Waals surface area contributed by atoms with Crippen LogP contribution in [0.5, 0.6) is 0 Å². The maximum atomic E-state index is 12.2. The second-order valence-electron chi connectivity index (χ2n) is 5.52. The molecule has 6 heteroatoms. The molecule has 21 heavy (non-hydrogen) atoms. The maximum Gasteiger partial charge on any atom is 0.339 e. The molecule has 0 aliphatic carbocycles. The number of quaternary nitrogens is 1. The van der Waals surface area contributed by atoms with Crippen molar-refractivity contribution in [3.63, 3.8) is 0 Å². The van der Waals surface area contributed by atoms with Crippen LogP contribution in [0.1, 0.15) is 38.1 Å². The van der Waals surface area contributed by atoms with Gasteiger partial charge in [-0.2, -0.15) is 0 Å². The highest BCUT2D eigenvalue weighted by Crippen LogP contribution is 2.23. The Morgan fingerprint density at radius 2 is 1.71 bits per heavy atom. The molecule has 0 fully saturated rings. The average Bonchev–Trinajstić information content (AvgIpc) is 2.37. The zero-order valence-electron chi connectivity index (χ0n) is 12.7. The fraction of sp³-hybridized carbons (Fsp3) is 0.533. The number of rotatable bonds is 6. The third-order valence-electron chi connectivity index (χ3n) is 3.32. The predicted molar refractivity (Wildman–Crippen MR) is 111 cm³/mol. The van der Waals surface area contributed by atoms with Crippen LogP contribution in [0.4, 0.5) is 0 Å². The Kier molecular flexibility index (Phi) is 8.72. The Bertz CT molecular complexity index is 496. The SMILES string of the molecule is CC(C)[NH+](CCOC(=O)c1cc(I)cc(I)c1I)C(C)C. The quantitative estimate of drug-likeness (QED) is 0.298. The summed E-state index contributed by atoms with van der Waals surface area (Å²) in [5, 5.41) is 0. The highest BCUT2D eigenvalue weighted by Gasteiger charge is 2.19. The molecule has 0 amide bonds.